The van der Waals surface area contributed by atoms with Crippen molar-refractivity contribution < 1.29 is 14.3 Å². The van der Waals surface area contributed by atoms with E-state index >= 15 is 0 Å². The molecule has 0 amide bonds. The number of ether oxygens (including phenoxy) is 2. The summed E-state index contributed by atoms with van der Waals surface area (Å²) >= 11 is 0. The standard InChI is InChI=1S/C10H19NO3/c1-9-8-11(5-3-7-14-9)6-4-10(12)13-2/h9H,3-8H2,1-2H3. The van der Waals surface area contributed by atoms with E-state index in [4.69, 9.17) is 4.74 Å². The monoisotopic (exact) mass is 201 g/mol. The van der Waals surface area contributed by atoms with Gasteiger partial charge in [-0.05, 0) is 13.3 Å². The lowest BCUT2D eigenvalue weighted by Gasteiger charge is -2.20. The predicted octanol–water partition coefficient (Wildman–Crippen LogP) is 0.660. The summed E-state index contributed by atoms with van der Waals surface area (Å²) in [5, 5.41) is 0. The van der Waals surface area contributed by atoms with Gasteiger partial charge in [0.05, 0.1) is 19.6 Å². The van der Waals surface area contributed by atoms with Gasteiger partial charge < -0.3 is 14.4 Å². The van der Waals surface area contributed by atoms with Gasteiger partial charge >= 0.3 is 5.97 Å². The third-order valence-electron chi connectivity index (χ3n) is 2.40. The van der Waals surface area contributed by atoms with Crippen LogP contribution >= 0.6 is 0 Å². The van der Waals surface area contributed by atoms with E-state index < -0.39 is 0 Å². The fourth-order valence-corrected chi connectivity index (χ4v) is 1.63. The van der Waals surface area contributed by atoms with Crippen LogP contribution in [0.4, 0.5) is 0 Å². The number of carbonyl (C=O) groups is 1. The molecule has 14 heavy (non-hydrogen) atoms. The maximum atomic E-state index is 10.9. The van der Waals surface area contributed by atoms with Crippen LogP contribution in [0.2, 0.25) is 0 Å². The Morgan fingerprint density at radius 1 is 1.64 bits per heavy atom. The van der Waals surface area contributed by atoms with Gasteiger partial charge in [-0.3, -0.25) is 4.79 Å². The summed E-state index contributed by atoms with van der Waals surface area (Å²) in [5.41, 5.74) is 0. The van der Waals surface area contributed by atoms with E-state index in [1.807, 2.05) is 0 Å². The SMILES string of the molecule is COC(=O)CCN1CCCOC(C)C1. The van der Waals surface area contributed by atoms with Crippen LogP contribution in [0.3, 0.4) is 0 Å². The predicted molar refractivity (Wildman–Crippen MR) is 53.1 cm³/mol. The summed E-state index contributed by atoms with van der Waals surface area (Å²) in [5.74, 6) is -0.136. The fraction of sp³-hybridized carbons (Fsp3) is 0.900. The van der Waals surface area contributed by atoms with Crippen molar-refractivity contribution in [1.29, 1.82) is 0 Å². The van der Waals surface area contributed by atoms with E-state index in [0.717, 1.165) is 32.7 Å². The van der Waals surface area contributed by atoms with E-state index in [1.165, 1.54) is 7.11 Å². The Hall–Kier alpha value is -0.610. The summed E-state index contributed by atoms with van der Waals surface area (Å²) in [6, 6.07) is 0. The Bertz CT molecular complexity index is 184. The molecule has 4 nitrogen and oxygen atoms in total. The minimum atomic E-state index is -0.136. The highest BCUT2D eigenvalue weighted by molar-refractivity contribution is 5.69. The molecule has 0 aliphatic carbocycles. The molecule has 1 aliphatic rings. The van der Waals surface area contributed by atoms with Crippen molar-refractivity contribution in [3.05, 3.63) is 0 Å². The Balaban J connectivity index is 2.24. The quantitative estimate of drug-likeness (QED) is 0.629. The first-order valence-corrected chi connectivity index (χ1v) is 5.13. The second kappa shape index (κ2) is 5.98. The highest BCUT2D eigenvalue weighted by atomic mass is 16.5. The molecule has 1 rings (SSSR count). The molecule has 1 fully saturated rings. The maximum absolute atomic E-state index is 10.9. The summed E-state index contributed by atoms with van der Waals surface area (Å²) in [4.78, 5) is 13.2. The lowest BCUT2D eigenvalue weighted by molar-refractivity contribution is -0.141. The van der Waals surface area contributed by atoms with Crippen LogP contribution in [0.15, 0.2) is 0 Å². The molecule has 4 heteroatoms. The Morgan fingerprint density at radius 2 is 2.43 bits per heavy atom. The van der Waals surface area contributed by atoms with Crippen molar-refractivity contribution in [1.82, 2.24) is 4.90 Å². The first-order valence-electron chi connectivity index (χ1n) is 5.13. The number of hydrogen-bond acceptors (Lipinski definition) is 4. The first kappa shape index (κ1) is 11.5. The second-order valence-corrected chi connectivity index (χ2v) is 3.66. The van der Waals surface area contributed by atoms with Crippen LogP contribution < -0.4 is 0 Å². The van der Waals surface area contributed by atoms with Crippen molar-refractivity contribution in [2.24, 2.45) is 0 Å². The van der Waals surface area contributed by atoms with Crippen molar-refractivity contribution in [2.45, 2.75) is 25.9 Å². The molecule has 0 radical (unpaired) electrons. The molecule has 0 aromatic heterocycles. The topological polar surface area (TPSA) is 38.8 Å². The van der Waals surface area contributed by atoms with Crippen LogP contribution in [0.5, 0.6) is 0 Å². The van der Waals surface area contributed by atoms with E-state index in [-0.39, 0.29) is 12.1 Å². The third kappa shape index (κ3) is 4.07. The van der Waals surface area contributed by atoms with Crippen LogP contribution in [-0.2, 0) is 14.3 Å². The van der Waals surface area contributed by atoms with Crippen LogP contribution in [-0.4, -0.2) is 50.3 Å². The van der Waals surface area contributed by atoms with Gasteiger partial charge in [0.2, 0.25) is 0 Å². The molecule has 0 saturated carbocycles. The largest absolute Gasteiger partial charge is 0.469 e. The summed E-state index contributed by atoms with van der Waals surface area (Å²) in [6.45, 7) is 5.60. The van der Waals surface area contributed by atoms with Crippen molar-refractivity contribution >= 4 is 5.97 Å². The molecular formula is C10H19NO3. The number of nitrogens with zero attached hydrogens (tertiary/aromatic N) is 1. The van der Waals surface area contributed by atoms with Gasteiger partial charge in [0.1, 0.15) is 0 Å². The van der Waals surface area contributed by atoms with E-state index in [2.05, 4.69) is 16.6 Å². The van der Waals surface area contributed by atoms with Crippen LogP contribution in [0.1, 0.15) is 19.8 Å². The zero-order valence-corrected chi connectivity index (χ0v) is 8.99. The summed E-state index contributed by atoms with van der Waals surface area (Å²) in [7, 11) is 1.43. The van der Waals surface area contributed by atoms with Gasteiger partial charge in [-0.25, -0.2) is 0 Å². The number of hydrogen-bond donors (Lipinski definition) is 0. The molecule has 0 aromatic carbocycles. The molecule has 0 bridgehead atoms. The Kier molecular flexibility index (Phi) is 4.90. The maximum Gasteiger partial charge on any atom is 0.306 e. The number of rotatable bonds is 3. The minimum absolute atomic E-state index is 0.136. The number of methoxy groups -OCH3 is 1. The number of carbonyl (C=O) groups excluding carboxylic acids is 1. The highest BCUT2D eigenvalue weighted by Gasteiger charge is 2.15. The highest BCUT2D eigenvalue weighted by Crippen LogP contribution is 2.05. The Labute approximate surface area is 85.2 Å². The van der Waals surface area contributed by atoms with Crippen LogP contribution in [0, 0.1) is 0 Å². The molecule has 1 heterocycles. The molecule has 1 atom stereocenters. The van der Waals surface area contributed by atoms with E-state index in [9.17, 15) is 4.79 Å². The molecule has 1 saturated heterocycles. The molecule has 1 unspecified atom stereocenters. The van der Waals surface area contributed by atoms with Crippen molar-refractivity contribution in [3.8, 4) is 0 Å². The Morgan fingerprint density at radius 3 is 3.14 bits per heavy atom. The van der Waals surface area contributed by atoms with Gasteiger partial charge in [0, 0.05) is 26.2 Å². The molecule has 0 spiro atoms. The van der Waals surface area contributed by atoms with Crippen LogP contribution in [0.25, 0.3) is 0 Å². The molecule has 0 N–H and O–H groups in total. The zero-order chi connectivity index (χ0) is 10.4. The van der Waals surface area contributed by atoms with Crippen molar-refractivity contribution in [2.75, 3.05) is 33.4 Å². The summed E-state index contributed by atoms with van der Waals surface area (Å²) in [6.07, 6.45) is 1.80. The lowest BCUT2D eigenvalue weighted by Crippen LogP contribution is -2.32. The van der Waals surface area contributed by atoms with E-state index in [0.29, 0.717) is 6.42 Å². The lowest BCUT2D eigenvalue weighted by atomic mass is 10.3. The first-order chi connectivity index (χ1) is 6.72. The minimum Gasteiger partial charge on any atom is -0.469 e. The van der Waals surface area contributed by atoms with Crippen molar-refractivity contribution in [3.63, 3.8) is 0 Å². The smallest absolute Gasteiger partial charge is 0.306 e. The third-order valence-corrected chi connectivity index (χ3v) is 2.40. The average Bonchev–Trinajstić information content (AvgIpc) is 2.39. The molecule has 82 valence electrons. The molecular weight excluding hydrogens is 182 g/mol. The number of esters is 1. The van der Waals surface area contributed by atoms with E-state index in [1.54, 1.807) is 0 Å². The average molecular weight is 201 g/mol. The molecule has 0 aromatic rings. The zero-order valence-electron chi connectivity index (χ0n) is 8.99. The fourth-order valence-electron chi connectivity index (χ4n) is 1.63. The van der Waals surface area contributed by atoms with Gasteiger partial charge in [0.15, 0.2) is 0 Å². The normalized spacial score (nSPS) is 24.3. The van der Waals surface area contributed by atoms with Gasteiger partial charge in [-0.1, -0.05) is 0 Å². The summed E-state index contributed by atoms with van der Waals surface area (Å²) < 4.78 is 10.1. The second-order valence-electron chi connectivity index (χ2n) is 3.66. The van der Waals surface area contributed by atoms with Gasteiger partial charge in [-0.2, -0.15) is 0 Å². The van der Waals surface area contributed by atoms with Gasteiger partial charge in [0.25, 0.3) is 0 Å². The molecule has 1 aliphatic heterocycles. The van der Waals surface area contributed by atoms with Gasteiger partial charge in [-0.15, -0.1) is 0 Å².